The molecular weight excluding hydrogens is 300 g/mol. The van der Waals surface area contributed by atoms with Crippen LogP contribution in [0.15, 0.2) is 12.1 Å². The van der Waals surface area contributed by atoms with Gasteiger partial charge in [-0.1, -0.05) is 11.3 Å². The smallest absolute Gasteiger partial charge is 0.272 e. The number of nitrogen functional groups attached to an aromatic ring is 1. The molecule has 1 amide bonds. The van der Waals surface area contributed by atoms with Gasteiger partial charge in [0.05, 0.1) is 21.1 Å². The fourth-order valence-corrected chi connectivity index (χ4v) is 3.78. The number of rotatable bonds is 2. The molecule has 0 bridgehead atoms. The first-order valence-corrected chi connectivity index (χ1v) is 8.08. The number of H-pyrrole nitrogens is 1. The third kappa shape index (κ3) is 2.20. The molecule has 7 nitrogen and oxygen atoms in total. The molecule has 3 aromatic rings. The van der Waals surface area contributed by atoms with E-state index in [1.54, 1.807) is 0 Å². The number of carbonyl (C=O) groups excluding carboxylic acids is 1. The summed E-state index contributed by atoms with van der Waals surface area (Å²) in [4.78, 5) is 16.8. The summed E-state index contributed by atoms with van der Waals surface area (Å²) >= 11 is 1.38. The Morgan fingerprint density at radius 2 is 2.36 bits per heavy atom. The second-order valence-electron chi connectivity index (χ2n) is 5.48. The molecule has 0 radical (unpaired) electrons. The van der Waals surface area contributed by atoms with Crippen molar-refractivity contribution in [3.8, 4) is 0 Å². The second-order valence-corrected chi connectivity index (χ2v) is 6.51. The van der Waals surface area contributed by atoms with E-state index in [9.17, 15) is 4.79 Å². The molecule has 0 aliphatic carbocycles. The van der Waals surface area contributed by atoms with Crippen LogP contribution in [-0.4, -0.2) is 40.2 Å². The highest BCUT2D eigenvalue weighted by molar-refractivity contribution is 7.23. The van der Waals surface area contributed by atoms with Crippen LogP contribution < -0.4 is 16.4 Å². The largest absolute Gasteiger partial charge is 0.375 e. The maximum atomic E-state index is 12.6. The third-order valence-corrected chi connectivity index (χ3v) is 4.86. The second kappa shape index (κ2) is 5.22. The Kier molecular flexibility index (Phi) is 3.20. The topological polar surface area (TPSA) is 109 Å². The monoisotopic (exact) mass is 316 g/mol. The van der Waals surface area contributed by atoms with E-state index in [1.807, 2.05) is 12.1 Å². The van der Waals surface area contributed by atoms with E-state index >= 15 is 0 Å². The van der Waals surface area contributed by atoms with Crippen LogP contribution in [0.5, 0.6) is 0 Å². The van der Waals surface area contributed by atoms with Gasteiger partial charge in [0, 0.05) is 12.6 Å². The highest BCUT2D eigenvalue weighted by Crippen LogP contribution is 2.32. The fourth-order valence-electron chi connectivity index (χ4n) is 2.90. The van der Waals surface area contributed by atoms with Crippen molar-refractivity contribution in [2.75, 3.05) is 18.8 Å². The van der Waals surface area contributed by atoms with E-state index in [1.165, 1.54) is 11.3 Å². The number of hydrogen-bond acceptors (Lipinski definition) is 6. The van der Waals surface area contributed by atoms with Gasteiger partial charge < -0.3 is 16.4 Å². The van der Waals surface area contributed by atoms with E-state index < -0.39 is 0 Å². The minimum Gasteiger partial charge on any atom is -0.375 e. The molecule has 4 rings (SSSR count). The highest BCUT2D eigenvalue weighted by Gasteiger charge is 2.22. The maximum Gasteiger partial charge on any atom is 0.272 e. The third-order valence-electron chi connectivity index (χ3n) is 3.95. The lowest BCUT2D eigenvalue weighted by Gasteiger charge is -2.23. The molecule has 1 aliphatic heterocycles. The van der Waals surface area contributed by atoms with Crippen molar-refractivity contribution in [1.82, 2.24) is 25.8 Å². The minimum absolute atomic E-state index is 0.152. The van der Waals surface area contributed by atoms with Crippen LogP contribution >= 0.6 is 11.3 Å². The fraction of sp³-hybridized carbons (Fsp3) is 0.357. The summed E-state index contributed by atoms with van der Waals surface area (Å²) in [5.74, 6) is -0.153. The molecule has 1 aliphatic rings. The first kappa shape index (κ1) is 13.5. The molecule has 1 aromatic carbocycles. The van der Waals surface area contributed by atoms with E-state index in [2.05, 4.69) is 25.8 Å². The van der Waals surface area contributed by atoms with Crippen molar-refractivity contribution >= 4 is 43.5 Å². The van der Waals surface area contributed by atoms with Crippen LogP contribution in [0, 0.1) is 0 Å². The number of carbonyl (C=O) groups is 1. The molecular formula is C14H16N6OS. The van der Waals surface area contributed by atoms with Crippen molar-refractivity contribution in [3.05, 3.63) is 17.8 Å². The first-order chi connectivity index (χ1) is 10.7. The van der Waals surface area contributed by atoms with Gasteiger partial charge in [-0.05, 0) is 31.5 Å². The number of thiazole rings is 1. The van der Waals surface area contributed by atoms with Gasteiger partial charge in [-0.3, -0.25) is 9.89 Å². The summed E-state index contributed by atoms with van der Waals surface area (Å²) in [5.41, 5.74) is 7.82. The van der Waals surface area contributed by atoms with Gasteiger partial charge in [0.2, 0.25) is 0 Å². The van der Waals surface area contributed by atoms with Crippen molar-refractivity contribution in [2.24, 2.45) is 0 Å². The van der Waals surface area contributed by atoms with Crippen LogP contribution in [0.3, 0.4) is 0 Å². The quantitative estimate of drug-likeness (QED) is 0.569. The first-order valence-electron chi connectivity index (χ1n) is 7.27. The lowest BCUT2D eigenvalue weighted by atomic mass is 10.1. The minimum atomic E-state index is -0.153. The Labute approximate surface area is 130 Å². The Balaban J connectivity index is 1.74. The van der Waals surface area contributed by atoms with E-state index in [0.717, 1.165) is 47.1 Å². The van der Waals surface area contributed by atoms with E-state index in [0.29, 0.717) is 10.8 Å². The van der Waals surface area contributed by atoms with E-state index in [-0.39, 0.29) is 11.9 Å². The molecule has 1 atom stereocenters. The number of nitrogens with two attached hydrogens (primary N) is 1. The number of nitrogens with one attached hydrogen (secondary N) is 3. The molecule has 114 valence electrons. The summed E-state index contributed by atoms with van der Waals surface area (Å²) in [7, 11) is 0. The lowest BCUT2D eigenvalue weighted by molar-refractivity contribution is 0.0927. The van der Waals surface area contributed by atoms with Gasteiger partial charge in [-0.25, -0.2) is 4.98 Å². The maximum absolute atomic E-state index is 12.6. The zero-order valence-corrected chi connectivity index (χ0v) is 12.7. The van der Waals surface area contributed by atoms with Crippen LogP contribution in [0.4, 0.5) is 5.13 Å². The van der Waals surface area contributed by atoms with Crippen molar-refractivity contribution in [1.29, 1.82) is 0 Å². The zero-order valence-electron chi connectivity index (χ0n) is 11.8. The Hall–Kier alpha value is -2.19. The molecule has 0 spiro atoms. The average Bonchev–Trinajstić information content (AvgIpc) is 3.10. The van der Waals surface area contributed by atoms with Crippen LogP contribution in [0.2, 0.25) is 0 Å². The summed E-state index contributed by atoms with van der Waals surface area (Å²) in [6.45, 7) is 1.81. The number of fused-ring (bicyclic) bond motifs is 3. The molecule has 22 heavy (non-hydrogen) atoms. The highest BCUT2D eigenvalue weighted by atomic mass is 32.1. The average molecular weight is 316 g/mol. The van der Waals surface area contributed by atoms with E-state index in [4.69, 9.17) is 5.73 Å². The van der Waals surface area contributed by atoms with Gasteiger partial charge in [0.25, 0.3) is 5.91 Å². The normalized spacial score (nSPS) is 18.8. The Morgan fingerprint density at radius 3 is 3.18 bits per heavy atom. The molecule has 1 saturated heterocycles. The molecule has 8 heteroatoms. The van der Waals surface area contributed by atoms with Gasteiger partial charge in [0.15, 0.2) is 10.8 Å². The predicted octanol–water partition coefficient (Wildman–Crippen LogP) is 1.24. The molecule has 3 heterocycles. The number of hydrogen-bond donors (Lipinski definition) is 4. The molecule has 0 saturated carbocycles. The molecule has 5 N–H and O–H groups in total. The Morgan fingerprint density at radius 1 is 1.45 bits per heavy atom. The van der Waals surface area contributed by atoms with Crippen molar-refractivity contribution < 1.29 is 4.79 Å². The predicted molar refractivity (Wildman–Crippen MR) is 87.0 cm³/mol. The summed E-state index contributed by atoms with van der Waals surface area (Å²) in [6, 6.07) is 3.91. The zero-order chi connectivity index (χ0) is 15.1. The summed E-state index contributed by atoms with van der Waals surface area (Å²) in [5, 5.41) is 14.8. The number of piperidine rings is 1. The van der Waals surface area contributed by atoms with Crippen LogP contribution in [0.25, 0.3) is 21.1 Å². The van der Waals surface area contributed by atoms with Gasteiger partial charge in [0.1, 0.15) is 0 Å². The summed E-state index contributed by atoms with van der Waals surface area (Å²) in [6.07, 6.45) is 2.06. The van der Waals surface area contributed by atoms with Gasteiger partial charge >= 0.3 is 0 Å². The standard InChI is InChI=1S/C14H16N6OS/c15-14-18-9-4-3-8-10(12(9)22-14)11(20-19-8)13(21)17-7-2-1-5-16-6-7/h3-4,7,16H,1-2,5-6H2,(H2,15,18)(H,17,21)(H,19,20). The van der Waals surface area contributed by atoms with Crippen molar-refractivity contribution in [3.63, 3.8) is 0 Å². The SMILES string of the molecule is Nc1nc2ccc3[nH]nc(C(=O)NC4CCCNC4)c3c2s1. The summed E-state index contributed by atoms with van der Waals surface area (Å²) < 4.78 is 0.899. The van der Waals surface area contributed by atoms with Crippen LogP contribution in [-0.2, 0) is 0 Å². The number of anilines is 1. The number of aromatic nitrogens is 3. The Bertz CT molecular complexity index is 848. The number of amides is 1. The van der Waals surface area contributed by atoms with Crippen molar-refractivity contribution in [2.45, 2.75) is 18.9 Å². The van der Waals surface area contributed by atoms with Gasteiger partial charge in [-0.15, -0.1) is 0 Å². The molecule has 1 unspecified atom stereocenters. The number of aromatic amines is 1. The van der Waals surface area contributed by atoms with Gasteiger partial charge in [-0.2, -0.15) is 5.10 Å². The number of nitrogens with zero attached hydrogens (tertiary/aromatic N) is 2. The number of benzene rings is 1. The van der Waals surface area contributed by atoms with Crippen LogP contribution in [0.1, 0.15) is 23.3 Å². The lowest BCUT2D eigenvalue weighted by Crippen LogP contribution is -2.45. The molecule has 1 fully saturated rings. The molecule has 2 aromatic heterocycles.